The zero-order valence-corrected chi connectivity index (χ0v) is 14.9. The molecule has 1 aliphatic carbocycles. The fourth-order valence-corrected chi connectivity index (χ4v) is 3.41. The van der Waals surface area contributed by atoms with Gasteiger partial charge in [0.1, 0.15) is 17.9 Å². The molecule has 1 fully saturated rings. The molecule has 1 saturated heterocycles. The number of benzene rings is 1. The van der Waals surface area contributed by atoms with E-state index in [1.807, 2.05) is 42.5 Å². The standard InChI is InChI=1S/C19H20N4O4/c1-12-17(18(22-23(25)21-12)14-5-3-2-4-6-14)19(24)20-10-13-7-8-15-16(9-13)27-11-26-15/h2-7,9,15,18H,8,10-11H2,1H3,(H2-,20,21,22,24,25)/p+1. The van der Waals surface area contributed by atoms with E-state index in [1.54, 1.807) is 6.92 Å². The Kier molecular flexibility index (Phi) is 4.64. The molecule has 0 spiro atoms. The predicted molar refractivity (Wildman–Crippen MR) is 96.4 cm³/mol. The number of nitroso groups, excluding NO2 is 1. The highest BCUT2D eigenvalue weighted by atomic mass is 16.7. The van der Waals surface area contributed by atoms with Gasteiger partial charge >= 0.3 is 0 Å². The summed E-state index contributed by atoms with van der Waals surface area (Å²) in [7, 11) is 0. The molecule has 0 aromatic heterocycles. The topological polar surface area (TPSA) is 91.7 Å². The molecule has 0 bridgehead atoms. The highest BCUT2D eigenvalue weighted by Crippen LogP contribution is 2.28. The van der Waals surface area contributed by atoms with Gasteiger partial charge in [-0.15, -0.1) is 5.43 Å². The maximum Gasteiger partial charge on any atom is 0.252 e. The van der Waals surface area contributed by atoms with Crippen molar-refractivity contribution < 1.29 is 19.2 Å². The van der Waals surface area contributed by atoms with Gasteiger partial charge in [-0.3, -0.25) is 4.79 Å². The van der Waals surface area contributed by atoms with Gasteiger partial charge in [0.15, 0.2) is 6.79 Å². The molecule has 1 amide bonds. The Hall–Kier alpha value is -3.13. The number of fused-ring (bicyclic) bond motifs is 1. The van der Waals surface area contributed by atoms with Crippen LogP contribution in [0.15, 0.2) is 65.1 Å². The first-order chi connectivity index (χ1) is 13.1. The van der Waals surface area contributed by atoms with Crippen LogP contribution in [0.2, 0.25) is 0 Å². The van der Waals surface area contributed by atoms with Crippen LogP contribution in [0.25, 0.3) is 0 Å². The molecule has 4 rings (SSSR count). The average Bonchev–Trinajstić information content (AvgIpc) is 3.14. The monoisotopic (exact) mass is 369 g/mol. The van der Waals surface area contributed by atoms with E-state index in [-0.39, 0.29) is 18.8 Å². The zero-order valence-electron chi connectivity index (χ0n) is 14.9. The number of hydrazine groups is 2. The normalized spacial score (nSPS) is 24.1. The van der Waals surface area contributed by atoms with Crippen LogP contribution < -0.4 is 16.2 Å². The van der Waals surface area contributed by atoms with Crippen LogP contribution >= 0.6 is 0 Å². The molecule has 0 saturated carbocycles. The molecule has 1 aromatic rings. The minimum Gasteiger partial charge on any atom is -0.469 e. The predicted octanol–water partition coefficient (Wildman–Crippen LogP) is 1.51. The van der Waals surface area contributed by atoms with Crippen molar-refractivity contribution in [2.45, 2.75) is 25.5 Å². The molecule has 3 aliphatic rings. The number of nitrogens with one attached hydrogen (secondary N) is 3. The SMILES string of the molecule is CC1=C(C(=O)NCC2=CCC3OCOC3=C2)C(c2ccccc2)N[N+](=O)N1. The van der Waals surface area contributed by atoms with Gasteiger partial charge in [-0.2, -0.15) is 0 Å². The van der Waals surface area contributed by atoms with E-state index in [0.717, 1.165) is 23.3 Å². The Morgan fingerprint density at radius 1 is 1.33 bits per heavy atom. The second-order valence-corrected chi connectivity index (χ2v) is 6.58. The lowest BCUT2D eigenvalue weighted by Gasteiger charge is -2.23. The smallest absolute Gasteiger partial charge is 0.252 e. The number of hydrogen-bond donors (Lipinski definition) is 3. The number of amides is 1. The number of carbonyl (C=O) groups is 1. The molecule has 2 heterocycles. The van der Waals surface area contributed by atoms with Gasteiger partial charge < -0.3 is 14.8 Å². The maximum atomic E-state index is 12.9. The van der Waals surface area contributed by atoms with Gasteiger partial charge in [0.05, 0.1) is 16.2 Å². The summed E-state index contributed by atoms with van der Waals surface area (Å²) in [6.07, 6.45) is 4.68. The van der Waals surface area contributed by atoms with Gasteiger partial charge in [0, 0.05) is 6.54 Å². The summed E-state index contributed by atoms with van der Waals surface area (Å²) in [5, 5.41) is 2.94. The second kappa shape index (κ2) is 7.24. The van der Waals surface area contributed by atoms with Crippen LogP contribution in [-0.4, -0.2) is 30.3 Å². The average molecular weight is 369 g/mol. The summed E-state index contributed by atoms with van der Waals surface area (Å²) in [6.45, 7) is 2.36. The summed E-state index contributed by atoms with van der Waals surface area (Å²) >= 11 is 0. The summed E-state index contributed by atoms with van der Waals surface area (Å²) in [5.41, 5.74) is 8.15. The van der Waals surface area contributed by atoms with Crippen LogP contribution in [0.3, 0.4) is 0 Å². The summed E-state index contributed by atoms with van der Waals surface area (Å²) in [5.74, 6) is 0.571. The largest absolute Gasteiger partial charge is 0.469 e. The van der Waals surface area contributed by atoms with Crippen molar-refractivity contribution in [1.29, 1.82) is 0 Å². The van der Waals surface area contributed by atoms with Crippen molar-refractivity contribution in [1.82, 2.24) is 16.2 Å². The number of rotatable bonds is 4. The van der Waals surface area contributed by atoms with Gasteiger partial charge in [0.2, 0.25) is 0 Å². The fourth-order valence-electron chi connectivity index (χ4n) is 3.41. The second-order valence-electron chi connectivity index (χ2n) is 6.58. The Morgan fingerprint density at radius 3 is 2.96 bits per heavy atom. The van der Waals surface area contributed by atoms with Crippen molar-refractivity contribution in [3.05, 3.63) is 75.6 Å². The van der Waals surface area contributed by atoms with Crippen molar-refractivity contribution >= 4 is 5.91 Å². The molecule has 8 heteroatoms. The summed E-state index contributed by atoms with van der Waals surface area (Å²) in [6, 6.07) is 8.86. The Bertz CT molecular complexity index is 860. The van der Waals surface area contributed by atoms with Crippen LogP contribution in [0.5, 0.6) is 0 Å². The summed E-state index contributed by atoms with van der Waals surface area (Å²) in [4.78, 5) is 25.2. The van der Waals surface area contributed by atoms with Gasteiger partial charge in [-0.05, 0) is 30.6 Å². The molecule has 3 N–H and O–H groups in total. The van der Waals surface area contributed by atoms with E-state index >= 15 is 0 Å². The fraction of sp³-hybridized carbons (Fsp3) is 0.316. The first-order valence-corrected chi connectivity index (χ1v) is 8.81. The highest BCUT2D eigenvalue weighted by Gasteiger charge is 2.35. The number of nitrogens with zero attached hydrogens (tertiary/aromatic N) is 1. The molecule has 8 nitrogen and oxygen atoms in total. The molecule has 27 heavy (non-hydrogen) atoms. The number of ether oxygens (including phenoxy) is 2. The summed E-state index contributed by atoms with van der Waals surface area (Å²) < 4.78 is 10.9. The van der Waals surface area contributed by atoms with Crippen molar-refractivity contribution in [3.63, 3.8) is 0 Å². The van der Waals surface area contributed by atoms with E-state index in [2.05, 4.69) is 16.2 Å². The van der Waals surface area contributed by atoms with Gasteiger partial charge in [-0.25, -0.2) is 0 Å². The Balaban J connectivity index is 1.50. The van der Waals surface area contributed by atoms with E-state index < -0.39 is 6.04 Å². The lowest BCUT2D eigenvalue weighted by atomic mass is 9.96. The van der Waals surface area contributed by atoms with Crippen LogP contribution in [0, 0.1) is 4.91 Å². The molecule has 2 unspecified atom stereocenters. The molecule has 1 aromatic carbocycles. The lowest BCUT2D eigenvalue weighted by Crippen LogP contribution is -2.48. The quantitative estimate of drug-likeness (QED) is 0.697. The van der Waals surface area contributed by atoms with E-state index in [9.17, 15) is 9.70 Å². The third-order valence-electron chi connectivity index (χ3n) is 4.77. The van der Waals surface area contributed by atoms with Crippen molar-refractivity contribution in [2.24, 2.45) is 0 Å². The van der Waals surface area contributed by atoms with Crippen LogP contribution in [0.4, 0.5) is 0 Å². The first-order valence-electron chi connectivity index (χ1n) is 8.81. The molecule has 2 aliphatic heterocycles. The molecular weight excluding hydrogens is 348 g/mol. The zero-order chi connectivity index (χ0) is 18.8. The molecule has 0 radical (unpaired) electrons. The third kappa shape index (κ3) is 3.56. The number of allylic oxidation sites excluding steroid dienone is 1. The van der Waals surface area contributed by atoms with E-state index in [1.165, 1.54) is 0 Å². The van der Waals surface area contributed by atoms with Crippen LogP contribution in [-0.2, 0) is 14.3 Å². The molecule has 140 valence electrons. The third-order valence-corrected chi connectivity index (χ3v) is 4.77. The van der Waals surface area contributed by atoms with Crippen LogP contribution in [0.1, 0.15) is 24.9 Å². The van der Waals surface area contributed by atoms with Crippen molar-refractivity contribution in [3.8, 4) is 0 Å². The van der Waals surface area contributed by atoms with E-state index in [4.69, 9.17) is 9.47 Å². The molecule has 2 atom stereocenters. The minimum atomic E-state index is -0.528. The molecular formula is C19H21N4O4+. The minimum absolute atomic E-state index is 0.00773. The maximum absolute atomic E-state index is 12.9. The van der Waals surface area contributed by atoms with Gasteiger partial charge in [-0.1, -0.05) is 41.8 Å². The van der Waals surface area contributed by atoms with Crippen molar-refractivity contribution in [2.75, 3.05) is 13.3 Å². The number of hydrogen-bond acceptors (Lipinski definition) is 4. The highest BCUT2D eigenvalue weighted by molar-refractivity contribution is 5.95. The Morgan fingerprint density at radius 2 is 2.15 bits per heavy atom. The van der Waals surface area contributed by atoms with E-state index in [0.29, 0.717) is 22.8 Å². The lowest BCUT2D eigenvalue weighted by molar-refractivity contribution is -0.663. The first kappa shape index (κ1) is 17.3. The number of carbonyl (C=O) groups excluding carboxylic acids is 1. The Labute approximate surface area is 156 Å². The van der Waals surface area contributed by atoms with Gasteiger partial charge in [0.25, 0.3) is 10.9 Å².